The van der Waals surface area contributed by atoms with Crippen LogP contribution in [0.25, 0.3) is 0 Å². The molecule has 0 fully saturated rings. The lowest BCUT2D eigenvalue weighted by Crippen LogP contribution is -2.06. The summed E-state index contributed by atoms with van der Waals surface area (Å²) in [6.45, 7) is 0.938. The van der Waals surface area contributed by atoms with Crippen LogP contribution in [0.3, 0.4) is 0 Å². The molecule has 2 aliphatic rings. The van der Waals surface area contributed by atoms with Crippen LogP contribution in [0, 0.1) is 5.92 Å². The number of allylic oxidation sites excluding steroid dienone is 8. The molecule has 0 radical (unpaired) electrons. The number of rotatable bonds is 3. The van der Waals surface area contributed by atoms with Crippen LogP contribution in [0.4, 0.5) is 0 Å². The lowest BCUT2D eigenvalue weighted by atomic mass is 10.1. The van der Waals surface area contributed by atoms with Crippen LogP contribution >= 0.6 is 0 Å². The topological polar surface area (TPSA) is 17.8 Å². The third kappa shape index (κ3) is 1.78. The van der Waals surface area contributed by atoms with Gasteiger partial charge in [0.15, 0.2) is 0 Å². The molecule has 2 aliphatic carbocycles. The molecular formula is C14H14N2. The van der Waals surface area contributed by atoms with Gasteiger partial charge in [0.05, 0.1) is 12.2 Å². The summed E-state index contributed by atoms with van der Waals surface area (Å²) >= 11 is 0. The first-order chi connectivity index (χ1) is 7.92. The Hall–Kier alpha value is -1.83. The van der Waals surface area contributed by atoms with Crippen molar-refractivity contribution in [2.24, 2.45) is 5.92 Å². The first-order valence-electron chi connectivity index (χ1n) is 5.65. The number of hydrogen-bond acceptors (Lipinski definition) is 1. The minimum atomic E-state index is 0.371. The van der Waals surface area contributed by atoms with Gasteiger partial charge in [0.2, 0.25) is 0 Å². The van der Waals surface area contributed by atoms with Gasteiger partial charge in [0, 0.05) is 18.0 Å². The molecule has 2 nitrogen and oxygen atoms in total. The summed E-state index contributed by atoms with van der Waals surface area (Å²) < 4.78 is 2.03. The molecule has 2 heteroatoms. The van der Waals surface area contributed by atoms with E-state index in [9.17, 15) is 0 Å². The molecule has 0 saturated carbocycles. The molecule has 0 spiro atoms. The van der Waals surface area contributed by atoms with E-state index in [0.717, 1.165) is 12.2 Å². The molecule has 0 N–H and O–H groups in total. The predicted octanol–water partition coefficient (Wildman–Crippen LogP) is 2.83. The third-order valence-corrected chi connectivity index (χ3v) is 2.98. The van der Waals surface area contributed by atoms with Crippen LogP contribution in [-0.2, 0) is 6.54 Å². The van der Waals surface area contributed by atoms with Crippen LogP contribution < -0.4 is 0 Å². The minimum Gasteiger partial charge on any atom is -0.272 e. The number of hydrogen-bond donors (Lipinski definition) is 0. The van der Waals surface area contributed by atoms with E-state index >= 15 is 0 Å². The maximum atomic E-state index is 4.60. The van der Waals surface area contributed by atoms with Crippen LogP contribution in [-0.4, -0.2) is 9.78 Å². The summed E-state index contributed by atoms with van der Waals surface area (Å²) in [4.78, 5) is 0. The fraction of sp³-hybridized carbons (Fsp3) is 0.214. The molecule has 0 amide bonds. The van der Waals surface area contributed by atoms with Gasteiger partial charge in [-0.05, 0) is 6.07 Å². The molecule has 0 unspecified atom stereocenters. The van der Waals surface area contributed by atoms with Crippen molar-refractivity contribution in [1.82, 2.24) is 9.78 Å². The van der Waals surface area contributed by atoms with E-state index < -0.39 is 0 Å². The Kier molecular flexibility index (Phi) is 2.33. The second kappa shape index (κ2) is 3.97. The first-order valence-corrected chi connectivity index (χ1v) is 5.65. The Morgan fingerprint density at radius 3 is 2.44 bits per heavy atom. The van der Waals surface area contributed by atoms with Gasteiger partial charge >= 0.3 is 0 Å². The van der Waals surface area contributed by atoms with Gasteiger partial charge in [-0.15, -0.1) is 0 Å². The zero-order chi connectivity index (χ0) is 10.8. The van der Waals surface area contributed by atoms with Crippen molar-refractivity contribution in [3.8, 4) is 0 Å². The molecule has 80 valence electrons. The van der Waals surface area contributed by atoms with Crippen LogP contribution in [0.5, 0.6) is 0 Å². The zero-order valence-corrected chi connectivity index (χ0v) is 9.03. The van der Waals surface area contributed by atoms with E-state index in [1.54, 1.807) is 0 Å². The fourth-order valence-corrected chi connectivity index (χ4v) is 2.10. The predicted molar refractivity (Wildman–Crippen MR) is 65.0 cm³/mol. The van der Waals surface area contributed by atoms with Gasteiger partial charge < -0.3 is 0 Å². The largest absolute Gasteiger partial charge is 0.272 e. The molecule has 16 heavy (non-hydrogen) atoms. The first kappa shape index (κ1) is 9.40. The van der Waals surface area contributed by atoms with E-state index in [0.29, 0.717) is 11.8 Å². The summed E-state index contributed by atoms with van der Waals surface area (Å²) in [5.74, 6) is 0.873. The summed E-state index contributed by atoms with van der Waals surface area (Å²) in [7, 11) is 0. The standard InChI is InChI=1S/C14H14N2/c1-2-6-12(5-1)11-16-10-9-14(15-16)13-7-3-4-8-13/h1-10,12-13H,11H2. The maximum Gasteiger partial charge on any atom is 0.0731 e. The molecule has 0 aromatic carbocycles. The van der Waals surface area contributed by atoms with E-state index in [4.69, 9.17) is 0 Å². The number of aromatic nitrogens is 2. The average molecular weight is 210 g/mol. The highest BCUT2D eigenvalue weighted by Gasteiger charge is 2.11. The second-order valence-electron chi connectivity index (χ2n) is 4.19. The van der Waals surface area contributed by atoms with E-state index in [-0.39, 0.29) is 0 Å². The zero-order valence-electron chi connectivity index (χ0n) is 9.03. The van der Waals surface area contributed by atoms with Gasteiger partial charge in [-0.1, -0.05) is 48.6 Å². The summed E-state index contributed by atoms with van der Waals surface area (Å²) in [5.41, 5.74) is 1.14. The minimum absolute atomic E-state index is 0.371. The highest BCUT2D eigenvalue weighted by atomic mass is 15.3. The van der Waals surface area contributed by atoms with Crippen molar-refractivity contribution in [3.63, 3.8) is 0 Å². The van der Waals surface area contributed by atoms with Crippen LogP contribution in [0.15, 0.2) is 60.9 Å². The van der Waals surface area contributed by atoms with Crippen molar-refractivity contribution in [2.75, 3.05) is 0 Å². The molecule has 1 heterocycles. The van der Waals surface area contributed by atoms with Gasteiger partial charge in [-0.2, -0.15) is 5.10 Å². The quantitative estimate of drug-likeness (QED) is 0.750. The van der Waals surface area contributed by atoms with Gasteiger partial charge in [0.25, 0.3) is 0 Å². The highest BCUT2D eigenvalue weighted by molar-refractivity contribution is 5.30. The Labute approximate surface area is 95.3 Å². The van der Waals surface area contributed by atoms with E-state index in [2.05, 4.69) is 66.0 Å². The Bertz CT molecular complexity index is 465. The molecule has 0 saturated heterocycles. The van der Waals surface area contributed by atoms with Gasteiger partial charge in [-0.3, -0.25) is 4.68 Å². The van der Waals surface area contributed by atoms with Crippen molar-refractivity contribution in [3.05, 3.63) is 66.6 Å². The Morgan fingerprint density at radius 2 is 1.69 bits per heavy atom. The SMILES string of the molecule is C1=CC(Cn2ccc(C3C=CC=C3)n2)C=C1. The van der Waals surface area contributed by atoms with Crippen LogP contribution in [0.2, 0.25) is 0 Å². The normalized spacial score (nSPS) is 19.2. The van der Waals surface area contributed by atoms with E-state index in [1.807, 2.05) is 4.68 Å². The van der Waals surface area contributed by atoms with Crippen molar-refractivity contribution >= 4 is 0 Å². The smallest absolute Gasteiger partial charge is 0.0731 e. The molecule has 0 bridgehead atoms. The van der Waals surface area contributed by atoms with Crippen molar-refractivity contribution in [2.45, 2.75) is 12.5 Å². The molecule has 0 aliphatic heterocycles. The Morgan fingerprint density at radius 1 is 1.00 bits per heavy atom. The number of nitrogens with zero attached hydrogens (tertiary/aromatic N) is 2. The van der Waals surface area contributed by atoms with Crippen molar-refractivity contribution < 1.29 is 0 Å². The second-order valence-corrected chi connectivity index (χ2v) is 4.19. The lowest BCUT2D eigenvalue weighted by molar-refractivity contribution is 0.551. The third-order valence-electron chi connectivity index (χ3n) is 2.98. The van der Waals surface area contributed by atoms with Gasteiger partial charge in [0.1, 0.15) is 0 Å². The van der Waals surface area contributed by atoms with Crippen molar-refractivity contribution in [1.29, 1.82) is 0 Å². The average Bonchev–Trinajstić information content (AvgIpc) is 2.99. The highest BCUT2D eigenvalue weighted by Crippen LogP contribution is 2.21. The molecule has 1 aromatic heterocycles. The summed E-state index contributed by atoms with van der Waals surface area (Å²) in [6.07, 6.45) is 19.2. The lowest BCUT2D eigenvalue weighted by Gasteiger charge is -2.05. The molecular weight excluding hydrogens is 196 g/mol. The molecule has 0 atom stereocenters. The van der Waals surface area contributed by atoms with E-state index in [1.165, 1.54) is 0 Å². The van der Waals surface area contributed by atoms with Crippen LogP contribution in [0.1, 0.15) is 11.6 Å². The molecule has 3 rings (SSSR count). The monoisotopic (exact) mass is 210 g/mol. The maximum absolute atomic E-state index is 4.60. The van der Waals surface area contributed by atoms with Gasteiger partial charge in [-0.25, -0.2) is 0 Å². The summed E-state index contributed by atoms with van der Waals surface area (Å²) in [5, 5.41) is 4.60. The fourth-order valence-electron chi connectivity index (χ4n) is 2.10. The Balaban J connectivity index is 1.72. The summed E-state index contributed by atoms with van der Waals surface area (Å²) in [6, 6.07) is 2.10. The molecule has 1 aromatic rings.